The smallest absolute Gasteiger partial charge is 0.296 e. The van der Waals surface area contributed by atoms with Crippen molar-refractivity contribution in [3.05, 3.63) is 112 Å². The molecule has 1 aliphatic rings. The van der Waals surface area contributed by atoms with Crippen LogP contribution in [0.25, 0.3) is 11.0 Å². The Kier molecular flexibility index (Phi) is 4.78. The molecule has 1 amide bonds. The average molecular weight is 428 g/mol. The van der Waals surface area contributed by atoms with E-state index in [1.54, 1.807) is 54.7 Å². The molecule has 0 fully saturated rings. The molecule has 0 bridgehead atoms. The highest BCUT2D eigenvalue weighted by atomic mass is 19.1. The maximum Gasteiger partial charge on any atom is 0.296 e. The second-order valence-electron chi connectivity index (χ2n) is 7.25. The van der Waals surface area contributed by atoms with Crippen LogP contribution in [0.3, 0.4) is 0 Å². The quantitative estimate of drug-likeness (QED) is 0.433. The molecule has 0 saturated heterocycles. The molecule has 2 aromatic carbocycles. The number of halogens is 1. The summed E-state index contributed by atoms with van der Waals surface area (Å²) in [7, 11) is 0. The lowest BCUT2D eigenvalue weighted by Crippen LogP contribution is -2.30. The van der Waals surface area contributed by atoms with Crippen LogP contribution in [0.15, 0.2) is 88.7 Å². The second-order valence-corrected chi connectivity index (χ2v) is 7.25. The molecule has 2 aromatic heterocycles. The number of rotatable bonds is 5. The number of anilines is 1. The van der Waals surface area contributed by atoms with Gasteiger partial charge in [0.05, 0.1) is 17.0 Å². The van der Waals surface area contributed by atoms with E-state index in [1.807, 2.05) is 0 Å². The maximum atomic E-state index is 13.9. The van der Waals surface area contributed by atoms with Gasteiger partial charge in [-0.15, -0.1) is 0 Å². The predicted octanol–water partition coefficient (Wildman–Crippen LogP) is 4.64. The standard InChI is InChI=1S/C25H17FN2O4/c1-2-12-31-17-7-5-6-15(13-17)22-21-23(29)18-14-16(26)9-10-19(18)32-24(21)25(30)28(22)20-8-3-4-11-27-20/h2-11,13-14,22H,1,12H2. The summed E-state index contributed by atoms with van der Waals surface area (Å²) in [6.07, 6.45) is 3.18. The van der Waals surface area contributed by atoms with Gasteiger partial charge in [-0.25, -0.2) is 9.37 Å². The third kappa shape index (κ3) is 3.15. The van der Waals surface area contributed by atoms with E-state index in [4.69, 9.17) is 9.15 Å². The van der Waals surface area contributed by atoms with Crippen LogP contribution in [0.1, 0.15) is 27.7 Å². The Bertz CT molecular complexity index is 1410. The van der Waals surface area contributed by atoms with E-state index in [1.165, 1.54) is 17.0 Å². The van der Waals surface area contributed by atoms with Gasteiger partial charge in [-0.05, 0) is 48.0 Å². The Morgan fingerprint density at radius 1 is 1.12 bits per heavy atom. The molecule has 7 heteroatoms. The predicted molar refractivity (Wildman–Crippen MR) is 117 cm³/mol. The van der Waals surface area contributed by atoms with Crippen molar-refractivity contribution >= 4 is 22.7 Å². The molecule has 5 rings (SSSR count). The summed E-state index contributed by atoms with van der Waals surface area (Å²) in [5, 5.41) is 0.0727. The van der Waals surface area contributed by atoms with E-state index < -0.39 is 23.2 Å². The molecule has 32 heavy (non-hydrogen) atoms. The van der Waals surface area contributed by atoms with Crippen molar-refractivity contribution in [2.24, 2.45) is 0 Å². The summed E-state index contributed by atoms with van der Waals surface area (Å²) in [4.78, 5) is 32.6. The third-order valence-electron chi connectivity index (χ3n) is 5.27. The van der Waals surface area contributed by atoms with Gasteiger partial charge in [-0.3, -0.25) is 14.5 Å². The number of carbonyl (C=O) groups excluding carboxylic acids is 1. The fourth-order valence-electron chi connectivity index (χ4n) is 3.92. The minimum atomic E-state index is -0.816. The van der Waals surface area contributed by atoms with Gasteiger partial charge in [-0.2, -0.15) is 0 Å². The van der Waals surface area contributed by atoms with Crippen molar-refractivity contribution < 1.29 is 18.3 Å². The van der Waals surface area contributed by atoms with Crippen molar-refractivity contribution in [1.82, 2.24) is 4.98 Å². The maximum absolute atomic E-state index is 13.9. The van der Waals surface area contributed by atoms with Crippen molar-refractivity contribution in [3.8, 4) is 5.75 Å². The van der Waals surface area contributed by atoms with Crippen LogP contribution in [-0.2, 0) is 0 Å². The minimum Gasteiger partial charge on any atom is -0.490 e. The van der Waals surface area contributed by atoms with Crippen LogP contribution in [0.5, 0.6) is 5.75 Å². The molecule has 6 nitrogen and oxygen atoms in total. The van der Waals surface area contributed by atoms with Gasteiger partial charge in [0.25, 0.3) is 5.91 Å². The van der Waals surface area contributed by atoms with E-state index in [0.717, 1.165) is 6.07 Å². The van der Waals surface area contributed by atoms with Crippen LogP contribution >= 0.6 is 0 Å². The summed E-state index contributed by atoms with van der Waals surface area (Å²) in [6.45, 7) is 3.95. The van der Waals surface area contributed by atoms with E-state index in [2.05, 4.69) is 11.6 Å². The Hall–Kier alpha value is -4.26. The highest BCUT2D eigenvalue weighted by Crippen LogP contribution is 2.41. The van der Waals surface area contributed by atoms with Crippen molar-refractivity contribution in [1.29, 1.82) is 0 Å². The lowest BCUT2D eigenvalue weighted by atomic mass is 9.98. The monoisotopic (exact) mass is 428 g/mol. The zero-order valence-electron chi connectivity index (χ0n) is 16.8. The molecular weight excluding hydrogens is 411 g/mol. The van der Waals surface area contributed by atoms with E-state index >= 15 is 0 Å². The molecule has 4 aromatic rings. The van der Waals surface area contributed by atoms with Crippen LogP contribution in [0.2, 0.25) is 0 Å². The number of fused-ring (bicyclic) bond motifs is 2. The van der Waals surface area contributed by atoms with Crippen LogP contribution in [0.4, 0.5) is 10.2 Å². The third-order valence-corrected chi connectivity index (χ3v) is 5.27. The lowest BCUT2D eigenvalue weighted by molar-refractivity contribution is 0.0970. The Morgan fingerprint density at radius 3 is 2.78 bits per heavy atom. The zero-order chi connectivity index (χ0) is 22.2. The second kappa shape index (κ2) is 7.77. The number of benzene rings is 2. The molecule has 158 valence electrons. The van der Waals surface area contributed by atoms with Crippen molar-refractivity contribution in [2.75, 3.05) is 11.5 Å². The van der Waals surface area contributed by atoms with Crippen LogP contribution in [0, 0.1) is 5.82 Å². The molecule has 0 saturated carbocycles. The van der Waals surface area contributed by atoms with Crippen molar-refractivity contribution in [3.63, 3.8) is 0 Å². The zero-order valence-corrected chi connectivity index (χ0v) is 16.8. The van der Waals surface area contributed by atoms with Gasteiger partial charge in [0, 0.05) is 6.20 Å². The van der Waals surface area contributed by atoms with E-state index in [-0.39, 0.29) is 22.3 Å². The van der Waals surface area contributed by atoms with Gasteiger partial charge < -0.3 is 9.15 Å². The summed E-state index contributed by atoms with van der Waals surface area (Å²) in [5.41, 5.74) is 0.454. The molecule has 1 atom stereocenters. The molecule has 0 aliphatic carbocycles. The molecule has 0 spiro atoms. The lowest BCUT2D eigenvalue weighted by Gasteiger charge is -2.24. The highest BCUT2D eigenvalue weighted by molar-refractivity contribution is 6.10. The summed E-state index contributed by atoms with van der Waals surface area (Å²) in [6, 6.07) is 15.1. The van der Waals surface area contributed by atoms with Gasteiger partial charge in [-0.1, -0.05) is 30.9 Å². The van der Waals surface area contributed by atoms with Crippen LogP contribution < -0.4 is 15.1 Å². The molecule has 1 unspecified atom stereocenters. The number of pyridine rings is 1. The molecule has 3 heterocycles. The Labute approximate surface area is 182 Å². The van der Waals surface area contributed by atoms with Crippen LogP contribution in [-0.4, -0.2) is 17.5 Å². The SMILES string of the molecule is C=CCOc1cccc(C2c3c(oc4ccc(F)cc4c3=O)C(=O)N2c2ccccn2)c1. The fourth-order valence-corrected chi connectivity index (χ4v) is 3.92. The molecular formula is C25H17FN2O4. The number of ether oxygens (including phenoxy) is 1. The molecule has 1 aliphatic heterocycles. The minimum absolute atomic E-state index is 0.0727. The van der Waals surface area contributed by atoms with Crippen molar-refractivity contribution in [2.45, 2.75) is 6.04 Å². The Balaban J connectivity index is 1.77. The first-order valence-corrected chi connectivity index (χ1v) is 9.93. The van der Waals surface area contributed by atoms with Gasteiger partial charge >= 0.3 is 0 Å². The number of aromatic nitrogens is 1. The summed E-state index contributed by atoms with van der Waals surface area (Å²) in [5.74, 6) is -0.222. The normalized spacial score (nSPS) is 15.1. The number of hydrogen-bond donors (Lipinski definition) is 0. The first-order valence-electron chi connectivity index (χ1n) is 9.93. The first-order chi connectivity index (χ1) is 15.6. The van der Waals surface area contributed by atoms with E-state index in [9.17, 15) is 14.0 Å². The number of hydrogen-bond acceptors (Lipinski definition) is 5. The van der Waals surface area contributed by atoms with Gasteiger partial charge in [0.15, 0.2) is 5.43 Å². The summed E-state index contributed by atoms with van der Waals surface area (Å²) >= 11 is 0. The Morgan fingerprint density at radius 2 is 2.00 bits per heavy atom. The van der Waals surface area contributed by atoms with Gasteiger partial charge in [0.1, 0.15) is 29.6 Å². The van der Waals surface area contributed by atoms with E-state index in [0.29, 0.717) is 23.7 Å². The molecule has 0 radical (unpaired) electrons. The number of nitrogens with zero attached hydrogens (tertiary/aromatic N) is 2. The van der Waals surface area contributed by atoms with Gasteiger partial charge in [0.2, 0.25) is 5.76 Å². The molecule has 0 N–H and O–H groups in total. The topological polar surface area (TPSA) is 72.6 Å². The average Bonchev–Trinajstić information content (AvgIpc) is 3.11. The fraction of sp³-hybridized carbons (Fsp3) is 0.0800. The number of carbonyl (C=O) groups is 1. The first kappa shape index (κ1) is 19.7. The highest BCUT2D eigenvalue weighted by Gasteiger charge is 2.44. The summed E-state index contributed by atoms with van der Waals surface area (Å²) < 4.78 is 25.3. The largest absolute Gasteiger partial charge is 0.490 e. The number of amides is 1.